The molecular weight excluding hydrogens is 230 g/mol. The third kappa shape index (κ3) is 4.37. The normalized spacial score (nSPS) is 16.5. The lowest BCUT2D eigenvalue weighted by Crippen LogP contribution is -2.45. The quantitative estimate of drug-likeness (QED) is 0.730. The number of nitrogens with two attached hydrogens (primary N) is 1. The maximum atomic E-state index is 11.5. The number of likely N-dealkylation sites (tertiary alicyclic amines) is 1. The van der Waals surface area contributed by atoms with Crippen LogP contribution in [0.3, 0.4) is 0 Å². The zero-order chi connectivity index (χ0) is 11.3. The predicted octanol–water partition coefficient (Wildman–Crippen LogP) is -0.116. The summed E-state index contributed by atoms with van der Waals surface area (Å²) in [5.41, 5.74) is 5.52. The van der Waals surface area contributed by atoms with E-state index < -0.39 is 6.04 Å². The number of amides is 2. The minimum atomic E-state index is -0.503. The molecule has 0 aromatic rings. The Balaban J connectivity index is 0.00000225. The summed E-state index contributed by atoms with van der Waals surface area (Å²) >= 11 is 0. The van der Waals surface area contributed by atoms with Crippen molar-refractivity contribution < 1.29 is 9.59 Å². The Kier molecular flexibility index (Phi) is 7.08. The van der Waals surface area contributed by atoms with Crippen LogP contribution in [0, 0.1) is 0 Å². The smallest absolute Gasteiger partial charge is 0.241 e. The SMILES string of the molecule is CC[C@H](N)C(=O)NCC(=O)N1CCCC1.Cl. The molecule has 5 nitrogen and oxygen atoms in total. The van der Waals surface area contributed by atoms with E-state index in [1.54, 1.807) is 4.90 Å². The van der Waals surface area contributed by atoms with Crippen molar-refractivity contribution >= 4 is 24.2 Å². The van der Waals surface area contributed by atoms with Crippen LogP contribution in [0.2, 0.25) is 0 Å². The third-order valence-electron chi connectivity index (χ3n) is 2.65. The average molecular weight is 250 g/mol. The Morgan fingerprint density at radius 1 is 1.38 bits per heavy atom. The first-order valence-electron chi connectivity index (χ1n) is 5.46. The second-order valence-corrected chi connectivity index (χ2v) is 3.82. The Morgan fingerprint density at radius 2 is 1.94 bits per heavy atom. The average Bonchev–Trinajstić information content (AvgIpc) is 2.77. The van der Waals surface area contributed by atoms with Crippen LogP contribution in [-0.2, 0) is 9.59 Å². The van der Waals surface area contributed by atoms with Gasteiger partial charge in [0.15, 0.2) is 0 Å². The van der Waals surface area contributed by atoms with Crippen molar-refractivity contribution in [2.75, 3.05) is 19.6 Å². The van der Waals surface area contributed by atoms with Gasteiger partial charge in [0.25, 0.3) is 0 Å². The molecule has 0 aliphatic carbocycles. The number of hydrogen-bond donors (Lipinski definition) is 2. The summed E-state index contributed by atoms with van der Waals surface area (Å²) in [7, 11) is 0. The van der Waals surface area contributed by atoms with Gasteiger partial charge in [0.1, 0.15) is 0 Å². The summed E-state index contributed by atoms with van der Waals surface area (Å²) in [5.74, 6) is -0.255. The first-order chi connectivity index (χ1) is 7.15. The molecule has 1 aliphatic heterocycles. The molecule has 2 amide bonds. The molecule has 0 saturated carbocycles. The topological polar surface area (TPSA) is 75.4 Å². The molecule has 0 unspecified atom stereocenters. The van der Waals surface area contributed by atoms with Gasteiger partial charge in [-0.15, -0.1) is 12.4 Å². The van der Waals surface area contributed by atoms with Gasteiger partial charge in [0.2, 0.25) is 11.8 Å². The van der Waals surface area contributed by atoms with Crippen LogP contribution in [0.1, 0.15) is 26.2 Å². The van der Waals surface area contributed by atoms with Gasteiger partial charge < -0.3 is 16.0 Å². The molecule has 1 aliphatic rings. The fraction of sp³-hybridized carbons (Fsp3) is 0.800. The highest BCUT2D eigenvalue weighted by Crippen LogP contribution is 2.06. The monoisotopic (exact) mass is 249 g/mol. The summed E-state index contributed by atoms with van der Waals surface area (Å²) in [6.07, 6.45) is 2.71. The van der Waals surface area contributed by atoms with E-state index in [0.29, 0.717) is 6.42 Å². The van der Waals surface area contributed by atoms with Gasteiger partial charge >= 0.3 is 0 Å². The van der Waals surface area contributed by atoms with E-state index in [4.69, 9.17) is 5.73 Å². The van der Waals surface area contributed by atoms with E-state index in [2.05, 4.69) is 5.32 Å². The van der Waals surface area contributed by atoms with E-state index in [0.717, 1.165) is 25.9 Å². The summed E-state index contributed by atoms with van der Waals surface area (Å²) in [6, 6.07) is -0.503. The third-order valence-corrected chi connectivity index (χ3v) is 2.65. The number of hydrogen-bond acceptors (Lipinski definition) is 3. The van der Waals surface area contributed by atoms with Crippen molar-refractivity contribution in [3.63, 3.8) is 0 Å². The largest absolute Gasteiger partial charge is 0.346 e. The van der Waals surface area contributed by atoms with Gasteiger partial charge in [-0.3, -0.25) is 9.59 Å². The molecule has 0 bridgehead atoms. The van der Waals surface area contributed by atoms with Crippen LogP contribution in [0.5, 0.6) is 0 Å². The minimum absolute atomic E-state index is 0. The standard InChI is InChI=1S/C10H19N3O2.ClH/c1-2-8(11)10(15)12-7-9(14)13-5-3-4-6-13;/h8H,2-7,11H2,1H3,(H,12,15);1H/t8-;/m0./s1. The van der Waals surface area contributed by atoms with E-state index in [1.165, 1.54) is 0 Å². The highest BCUT2D eigenvalue weighted by Gasteiger charge is 2.19. The molecular formula is C10H20ClN3O2. The predicted molar refractivity (Wildman–Crippen MR) is 64.3 cm³/mol. The van der Waals surface area contributed by atoms with Crippen LogP contribution in [-0.4, -0.2) is 42.4 Å². The lowest BCUT2D eigenvalue weighted by molar-refractivity contribution is -0.132. The number of nitrogens with one attached hydrogen (secondary N) is 1. The maximum absolute atomic E-state index is 11.5. The molecule has 1 rings (SSSR count). The summed E-state index contributed by atoms with van der Waals surface area (Å²) in [4.78, 5) is 24.6. The van der Waals surface area contributed by atoms with Crippen molar-refractivity contribution in [1.82, 2.24) is 10.2 Å². The number of rotatable bonds is 4. The lowest BCUT2D eigenvalue weighted by Gasteiger charge is -2.16. The Labute approximate surface area is 102 Å². The van der Waals surface area contributed by atoms with Crippen molar-refractivity contribution in [1.29, 1.82) is 0 Å². The van der Waals surface area contributed by atoms with Crippen LogP contribution >= 0.6 is 12.4 Å². The lowest BCUT2D eigenvalue weighted by atomic mass is 10.2. The van der Waals surface area contributed by atoms with E-state index in [9.17, 15) is 9.59 Å². The second-order valence-electron chi connectivity index (χ2n) is 3.82. The molecule has 0 radical (unpaired) electrons. The molecule has 1 heterocycles. The van der Waals surface area contributed by atoms with Crippen molar-refractivity contribution in [3.05, 3.63) is 0 Å². The van der Waals surface area contributed by atoms with Crippen molar-refractivity contribution in [3.8, 4) is 0 Å². The Bertz CT molecular complexity index is 242. The van der Waals surface area contributed by atoms with Gasteiger partial charge in [-0.1, -0.05) is 6.92 Å². The molecule has 0 aromatic carbocycles. The van der Waals surface area contributed by atoms with E-state index in [-0.39, 0.29) is 30.8 Å². The molecule has 3 N–H and O–H groups in total. The summed E-state index contributed by atoms with van der Waals surface area (Å²) in [6.45, 7) is 3.54. The molecule has 1 atom stereocenters. The fourth-order valence-corrected chi connectivity index (χ4v) is 1.56. The number of carbonyl (C=O) groups excluding carboxylic acids is 2. The van der Waals surface area contributed by atoms with Gasteiger partial charge in [0, 0.05) is 13.1 Å². The highest BCUT2D eigenvalue weighted by molar-refractivity contribution is 5.87. The van der Waals surface area contributed by atoms with Gasteiger partial charge in [-0.2, -0.15) is 0 Å². The zero-order valence-electron chi connectivity index (χ0n) is 9.57. The Hall–Kier alpha value is -0.810. The van der Waals surface area contributed by atoms with Crippen LogP contribution < -0.4 is 11.1 Å². The molecule has 1 fully saturated rings. The first-order valence-corrected chi connectivity index (χ1v) is 5.46. The molecule has 1 saturated heterocycles. The van der Waals surface area contributed by atoms with Gasteiger partial charge in [-0.25, -0.2) is 0 Å². The molecule has 16 heavy (non-hydrogen) atoms. The molecule has 94 valence electrons. The summed E-state index contributed by atoms with van der Waals surface area (Å²) in [5, 5.41) is 2.55. The number of carbonyl (C=O) groups is 2. The van der Waals surface area contributed by atoms with E-state index >= 15 is 0 Å². The van der Waals surface area contributed by atoms with Crippen LogP contribution in [0.15, 0.2) is 0 Å². The molecule has 6 heteroatoms. The summed E-state index contributed by atoms with van der Waals surface area (Å²) < 4.78 is 0. The Morgan fingerprint density at radius 3 is 2.44 bits per heavy atom. The maximum Gasteiger partial charge on any atom is 0.241 e. The van der Waals surface area contributed by atoms with Crippen molar-refractivity contribution in [2.45, 2.75) is 32.2 Å². The number of nitrogens with zero attached hydrogens (tertiary/aromatic N) is 1. The van der Waals surface area contributed by atoms with Gasteiger partial charge in [0.05, 0.1) is 12.6 Å². The second kappa shape index (κ2) is 7.46. The van der Waals surface area contributed by atoms with Gasteiger partial charge in [-0.05, 0) is 19.3 Å². The van der Waals surface area contributed by atoms with Crippen molar-refractivity contribution in [2.24, 2.45) is 5.73 Å². The van der Waals surface area contributed by atoms with Crippen LogP contribution in [0.25, 0.3) is 0 Å². The number of halogens is 1. The first kappa shape index (κ1) is 15.2. The zero-order valence-corrected chi connectivity index (χ0v) is 10.4. The minimum Gasteiger partial charge on any atom is -0.346 e. The van der Waals surface area contributed by atoms with Crippen LogP contribution in [0.4, 0.5) is 0 Å². The fourth-order valence-electron chi connectivity index (χ4n) is 1.56. The molecule has 0 aromatic heterocycles. The highest BCUT2D eigenvalue weighted by atomic mass is 35.5. The van der Waals surface area contributed by atoms with E-state index in [1.807, 2.05) is 6.92 Å². The molecule has 0 spiro atoms.